The molecule has 1 N–H and O–H groups in total. The molecule has 2 bridgehead atoms. The molecule has 0 unspecified atom stereocenters. The van der Waals surface area contributed by atoms with Gasteiger partial charge < -0.3 is 10.1 Å². The maximum absolute atomic E-state index is 13.9. The molecular weight excluding hydrogens is 563 g/mol. The lowest BCUT2D eigenvalue weighted by Crippen LogP contribution is -2.57. The fourth-order valence-corrected chi connectivity index (χ4v) is 7.50. The number of esters is 1. The first kappa shape index (κ1) is 27.5. The summed E-state index contributed by atoms with van der Waals surface area (Å²) < 4.78 is 5.23. The molecule has 0 saturated carbocycles. The Morgan fingerprint density at radius 1 is 0.829 bits per heavy atom. The first-order valence-electron chi connectivity index (χ1n) is 13.6. The second kappa shape index (κ2) is 10.00. The van der Waals surface area contributed by atoms with E-state index in [4.69, 9.17) is 27.9 Å². The molecule has 1 saturated heterocycles. The zero-order chi connectivity index (χ0) is 29.1. The molecule has 1 heterocycles. The van der Waals surface area contributed by atoms with Gasteiger partial charge in [0.25, 0.3) is 0 Å². The number of nitrogens with zero attached hydrogens (tertiary/aromatic N) is 1. The molecule has 3 aromatic rings. The molecular formula is C32H28Cl2N2O5. The van der Waals surface area contributed by atoms with Gasteiger partial charge in [-0.1, -0.05) is 62.4 Å². The van der Waals surface area contributed by atoms with E-state index in [-0.39, 0.29) is 24.8 Å². The number of hydrogen-bond acceptors (Lipinski definition) is 5. The van der Waals surface area contributed by atoms with Crippen molar-refractivity contribution in [2.45, 2.75) is 30.0 Å². The summed E-state index contributed by atoms with van der Waals surface area (Å²) in [7, 11) is 0. The monoisotopic (exact) mass is 590 g/mol. The molecule has 2 atom stereocenters. The zero-order valence-corrected chi connectivity index (χ0v) is 24.0. The van der Waals surface area contributed by atoms with Gasteiger partial charge in [-0.2, -0.15) is 0 Å². The number of nitrogens with one attached hydrogen (secondary N) is 1. The number of benzene rings is 3. The fraction of sp³-hybridized carbons (Fsp3) is 0.312. The summed E-state index contributed by atoms with van der Waals surface area (Å²) in [6.07, 6.45) is -0.112. The lowest BCUT2D eigenvalue weighted by atomic mass is 9.54. The number of imide groups is 1. The fourth-order valence-electron chi connectivity index (χ4n) is 6.40. The van der Waals surface area contributed by atoms with Crippen molar-refractivity contribution in [3.05, 3.63) is 101 Å². The number of alkyl halides is 2. The van der Waals surface area contributed by atoms with Crippen LogP contribution < -0.4 is 5.32 Å². The Morgan fingerprint density at radius 2 is 1.29 bits per heavy atom. The Hall–Kier alpha value is -3.68. The summed E-state index contributed by atoms with van der Waals surface area (Å²) in [6, 6.07) is 21.2. The van der Waals surface area contributed by atoms with Gasteiger partial charge in [-0.25, -0.2) is 4.79 Å². The lowest BCUT2D eigenvalue weighted by molar-refractivity contribution is -0.140. The molecule has 3 amide bonds. The highest BCUT2D eigenvalue weighted by Crippen LogP contribution is 2.69. The Kier molecular flexibility index (Phi) is 6.70. The first-order chi connectivity index (χ1) is 19.6. The highest BCUT2D eigenvalue weighted by atomic mass is 35.5. The van der Waals surface area contributed by atoms with Gasteiger partial charge in [-0.15, -0.1) is 23.2 Å². The van der Waals surface area contributed by atoms with Gasteiger partial charge >= 0.3 is 5.97 Å². The Balaban J connectivity index is 1.19. The summed E-state index contributed by atoms with van der Waals surface area (Å²) in [5.41, 5.74) is 3.78. The molecule has 0 aromatic heterocycles. The number of carbonyl (C=O) groups excluding carboxylic acids is 4. The van der Waals surface area contributed by atoms with Crippen LogP contribution in [-0.2, 0) is 28.9 Å². The molecule has 1 aliphatic heterocycles. The van der Waals surface area contributed by atoms with E-state index in [2.05, 4.69) is 5.32 Å². The molecule has 3 aromatic carbocycles. The van der Waals surface area contributed by atoms with Crippen LogP contribution >= 0.6 is 23.2 Å². The molecule has 1 fully saturated rings. The molecule has 210 valence electrons. The van der Waals surface area contributed by atoms with Crippen molar-refractivity contribution in [1.29, 1.82) is 0 Å². The lowest BCUT2D eigenvalue weighted by Gasteiger charge is -2.54. The van der Waals surface area contributed by atoms with Gasteiger partial charge in [0.15, 0.2) is 0 Å². The normalized spacial score (nSPS) is 25.5. The SMILES string of the molecule is CC(C)COC(=O)c1ccc(NC(=O)CCN2C(=O)[C@H]3[C@H](C2=O)C2(Cl)c4ccccc4C3(Cl)c3ccccc32)cc1. The van der Waals surface area contributed by atoms with Crippen LogP contribution in [0.15, 0.2) is 72.8 Å². The molecule has 9 heteroatoms. The maximum atomic E-state index is 13.9. The molecule has 0 radical (unpaired) electrons. The van der Waals surface area contributed by atoms with Crippen LogP contribution in [0.25, 0.3) is 0 Å². The maximum Gasteiger partial charge on any atom is 0.338 e. The number of likely N-dealkylation sites (tertiary alicyclic amines) is 1. The third kappa shape index (κ3) is 4.09. The highest BCUT2D eigenvalue weighted by molar-refractivity contribution is 6.36. The molecule has 0 spiro atoms. The minimum atomic E-state index is -1.25. The summed E-state index contributed by atoms with van der Waals surface area (Å²) in [5, 5.41) is 2.76. The van der Waals surface area contributed by atoms with Crippen LogP contribution in [0.2, 0.25) is 0 Å². The minimum absolute atomic E-state index is 0.108. The van der Waals surface area contributed by atoms with E-state index in [1.807, 2.05) is 62.4 Å². The van der Waals surface area contributed by atoms with Crippen LogP contribution in [0.3, 0.4) is 0 Å². The summed E-state index contributed by atoms with van der Waals surface area (Å²) in [4.78, 5) is 51.3. The van der Waals surface area contributed by atoms with Crippen molar-refractivity contribution in [2.24, 2.45) is 17.8 Å². The van der Waals surface area contributed by atoms with Crippen LogP contribution in [-0.4, -0.2) is 41.7 Å². The molecule has 7 nitrogen and oxygen atoms in total. The van der Waals surface area contributed by atoms with Crippen molar-refractivity contribution in [2.75, 3.05) is 18.5 Å². The Morgan fingerprint density at radius 3 is 1.73 bits per heavy atom. The van der Waals surface area contributed by atoms with Crippen LogP contribution in [0.1, 0.15) is 52.9 Å². The predicted molar refractivity (Wildman–Crippen MR) is 155 cm³/mol. The third-order valence-electron chi connectivity index (χ3n) is 8.19. The number of hydrogen-bond donors (Lipinski definition) is 1. The van der Waals surface area contributed by atoms with Crippen molar-refractivity contribution < 1.29 is 23.9 Å². The number of anilines is 1. The topological polar surface area (TPSA) is 92.8 Å². The number of rotatable bonds is 7. The second-order valence-electron chi connectivity index (χ2n) is 11.2. The van der Waals surface area contributed by atoms with Gasteiger partial charge in [-0.05, 0) is 52.4 Å². The van der Waals surface area contributed by atoms with E-state index in [0.29, 0.717) is 17.9 Å². The second-order valence-corrected chi connectivity index (χ2v) is 12.4. The summed E-state index contributed by atoms with van der Waals surface area (Å²) >= 11 is 14.8. The third-order valence-corrected chi connectivity index (χ3v) is 9.48. The first-order valence-corrected chi connectivity index (χ1v) is 14.3. The average Bonchev–Trinajstić information content (AvgIpc) is 3.24. The molecule has 7 rings (SSSR count). The van der Waals surface area contributed by atoms with Crippen molar-refractivity contribution in [3.63, 3.8) is 0 Å². The van der Waals surface area contributed by atoms with Gasteiger partial charge in [0.05, 0.1) is 24.0 Å². The quantitative estimate of drug-likeness (QED) is 0.225. The largest absolute Gasteiger partial charge is 0.462 e. The van der Waals surface area contributed by atoms with Crippen molar-refractivity contribution in [3.8, 4) is 0 Å². The van der Waals surface area contributed by atoms with E-state index >= 15 is 0 Å². The molecule has 4 aliphatic rings. The van der Waals surface area contributed by atoms with Crippen molar-refractivity contribution in [1.82, 2.24) is 4.90 Å². The number of carbonyl (C=O) groups is 4. The average molecular weight is 591 g/mol. The van der Waals surface area contributed by atoms with Crippen molar-refractivity contribution >= 4 is 52.6 Å². The summed E-state index contributed by atoms with van der Waals surface area (Å²) in [5.74, 6) is -3.25. The number of amides is 3. The van der Waals surface area contributed by atoms with Gasteiger partial charge in [0.2, 0.25) is 17.7 Å². The summed E-state index contributed by atoms with van der Waals surface area (Å²) in [6.45, 7) is 4.11. The van der Waals surface area contributed by atoms with Gasteiger partial charge in [0.1, 0.15) is 9.75 Å². The van der Waals surface area contributed by atoms with Crippen LogP contribution in [0.5, 0.6) is 0 Å². The molecule has 3 aliphatic carbocycles. The predicted octanol–water partition coefficient (Wildman–Crippen LogP) is 5.42. The van der Waals surface area contributed by atoms with E-state index in [1.54, 1.807) is 24.3 Å². The van der Waals surface area contributed by atoms with Crippen LogP contribution in [0.4, 0.5) is 5.69 Å². The van der Waals surface area contributed by atoms with Crippen LogP contribution in [0, 0.1) is 17.8 Å². The standard InChI is InChI=1S/C32H28Cl2N2O5/c1-18(2)17-41-30(40)19-11-13-20(14-12-19)35-25(37)15-16-36-28(38)26-27(29(36)39)32(34)22-8-4-3-7-21(22)31(26,33)23-9-5-6-10-24(23)32/h3-14,18,26-27H,15-17H2,1-2H3,(H,35,37)/t26-,27-,31?,32?/m1/s1. The van der Waals surface area contributed by atoms with Gasteiger partial charge in [-0.3, -0.25) is 19.3 Å². The van der Waals surface area contributed by atoms with Gasteiger partial charge in [0, 0.05) is 18.7 Å². The Labute approximate surface area is 247 Å². The number of halogens is 2. The Bertz CT molecular complexity index is 1460. The van der Waals surface area contributed by atoms with E-state index < -0.39 is 39.4 Å². The minimum Gasteiger partial charge on any atom is -0.462 e. The zero-order valence-electron chi connectivity index (χ0n) is 22.5. The smallest absolute Gasteiger partial charge is 0.338 e. The number of ether oxygens (including phenoxy) is 1. The molecule has 41 heavy (non-hydrogen) atoms. The van der Waals surface area contributed by atoms with E-state index in [0.717, 1.165) is 27.2 Å². The van der Waals surface area contributed by atoms with E-state index in [1.165, 1.54) is 0 Å². The highest BCUT2D eigenvalue weighted by Gasteiger charge is 2.72. The van der Waals surface area contributed by atoms with E-state index in [9.17, 15) is 19.2 Å².